The first-order valence-corrected chi connectivity index (χ1v) is 6.53. The van der Waals surface area contributed by atoms with Gasteiger partial charge < -0.3 is 0 Å². The number of halogens is 2. The lowest BCUT2D eigenvalue weighted by Crippen LogP contribution is -2.16. The number of allylic oxidation sites excluding steroid dienone is 4. The van der Waals surface area contributed by atoms with Gasteiger partial charge in [-0.1, -0.05) is 30.4 Å². The summed E-state index contributed by atoms with van der Waals surface area (Å²) in [5.74, 6) is 0.564. The molecule has 18 heavy (non-hydrogen) atoms. The molecule has 0 heterocycles. The zero-order chi connectivity index (χ0) is 12.5. The van der Waals surface area contributed by atoms with Crippen molar-refractivity contribution in [1.82, 2.24) is 0 Å². The van der Waals surface area contributed by atoms with Gasteiger partial charge in [-0.2, -0.15) is 0 Å². The van der Waals surface area contributed by atoms with Gasteiger partial charge in [0.15, 0.2) is 0 Å². The molecule has 0 saturated heterocycles. The standard InChI is InChI=1S/C16H16F2/c17-15-6-3-7-16(18)14(15)10-12-9-8-11-4-1-2-5-13(11)12/h1-7,11-13H,8-10H2/t11?,12-,13-/m1/s1. The summed E-state index contributed by atoms with van der Waals surface area (Å²) in [5, 5.41) is 0. The van der Waals surface area contributed by atoms with Crippen LogP contribution in [0.5, 0.6) is 0 Å². The van der Waals surface area contributed by atoms with Gasteiger partial charge in [-0.3, -0.25) is 0 Å². The number of benzene rings is 1. The highest BCUT2D eigenvalue weighted by molar-refractivity contribution is 5.23. The Morgan fingerprint density at radius 2 is 1.72 bits per heavy atom. The largest absolute Gasteiger partial charge is 0.207 e. The molecule has 3 rings (SSSR count). The maximum atomic E-state index is 13.7. The summed E-state index contributed by atoms with van der Waals surface area (Å²) in [6, 6.07) is 4.12. The maximum absolute atomic E-state index is 13.7. The molecule has 1 fully saturated rings. The summed E-state index contributed by atoms with van der Waals surface area (Å²) < 4.78 is 27.3. The summed E-state index contributed by atoms with van der Waals surface area (Å²) in [5.41, 5.74) is 0.256. The highest BCUT2D eigenvalue weighted by Crippen LogP contribution is 2.42. The predicted octanol–water partition coefficient (Wildman–Crippen LogP) is 4.28. The summed E-state index contributed by atoms with van der Waals surface area (Å²) in [6.45, 7) is 0. The van der Waals surface area contributed by atoms with Crippen LogP contribution in [0.4, 0.5) is 8.78 Å². The summed E-state index contributed by atoms with van der Waals surface area (Å²) >= 11 is 0. The minimum Gasteiger partial charge on any atom is -0.207 e. The average Bonchev–Trinajstić information content (AvgIpc) is 2.77. The molecule has 0 radical (unpaired) electrons. The molecule has 0 N–H and O–H groups in total. The third kappa shape index (κ3) is 2.00. The zero-order valence-corrected chi connectivity index (χ0v) is 10.2. The van der Waals surface area contributed by atoms with E-state index in [1.807, 2.05) is 0 Å². The van der Waals surface area contributed by atoms with Crippen molar-refractivity contribution in [2.24, 2.45) is 17.8 Å². The smallest absolute Gasteiger partial charge is 0.129 e. The average molecular weight is 246 g/mol. The van der Waals surface area contributed by atoms with E-state index in [1.165, 1.54) is 18.2 Å². The molecule has 1 saturated carbocycles. The van der Waals surface area contributed by atoms with Gasteiger partial charge in [0, 0.05) is 5.56 Å². The SMILES string of the molecule is Fc1cccc(F)c1C[C@H]1CCC2C=CC=C[C@H]21. The molecule has 1 aromatic carbocycles. The van der Waals surface area contributed by atoms with Gasteiger partial charge in [0.2, 0.25) is 0 Å². The van der Waals surface area contributed by atoms with Gasteiger partial charge in [-0.25, -0.2) is 8.78 Å². The molecule has 2 heteroatoms. The van der Waals surface area contributed by atoms with Crippen LogP contribution in [0, 0.1) is 29.4 Å². The van der Waals surface area contributed by atoms with Gasteiger partial charge in [0.05, 0.1) is 0 Å². The second-order valence-corrected chi connectivity index (χ2v) is 5.25. The van der Waals surface area contributed by atoms with Crippen LogP contribution in [0.25, 0.3) is 0 Å². The van der Waals surface area contributed by atoms with Crippen LogP contribution in [0.2, 0.25) is 0 Å². The molecule has 3 atom stereocenters. The maximum Gasteiger partial charge on any atom is 0.129 e. The molecule has 2 aliphatic carbocycles. The lowest BCUT2D eigenvalue weighted by molar-refractivity contribution is 0.402. The summed E-state index contributed by atoms with van der Waals surface area (Å²) in [6.07, 6.45) is 11.2. The Kier molecular flexibility index (Phi) is 3.02. The van der Waals surface area contributed by atoms with Crippen LogP contribution in [-0.4, -0.2) is 0 Å². The van der Waals surface area contributed by atoms with Crippen molar-refractivity contribution in [1.29, 1.82) is 0 Å². The third-order valence-corrected chi connectivity index (χ3v) is 4.24. The van der Waals surface area contributed by atoms with E-state index < -0.39 is 11.6 Å². The fraction of sp³-hybridized carbons (Fsp3) is 0.375. The lowest BCUT2D eigenvalue weighted by atomic mass is 9.83. The van der Waals surface area contributed by atoms with Gasteiger partial charge in [-0.05, 0) is 49.1 Å². The summed E-state index contributed by atoms with van der Waals surface area (Å²) in [4.78, 5) is 0. The topological polar surface area (TPSA) is 0 Å². The van der Waals surface area contributed by atoms with Gasteiger partial charge in [0.25, 0.3) is 0 Å². The Morgan fingerprint density at radius 1 is 1.00 bits per heavy atom. The van der Waals surface area contributed by atoms with E-state index in [-0.39, 0.29) is 5.56 Å². The van der Waals surface area contributed by atoms with E-state index >= 15 is 0 Å². The minimum absolute atomic E-state index is 0.256. The van der Waals surface area contributed by atoms with Gasteiger partial charge in [-0.15, -0.1) is 0 Å². The predicted molar refractivity (Wildman–Crippen MR) is 68.0 cm³/mol. The Hall–Kier alpha value is -1.44. The fourth-order valence-electron chi connectivity index (χ4n) is 3.29. The molecule has 0 aromatic heterocycles. The highest BCUT2D eigenvalue weighted by Gasteiger charge is 2.34. The second kappa shape index (κ2) is 4.68. The van der Waals surface area contributed by atoms with Crippen LogP contribution in [0.3, 0.4) is 0 Å². The van der Waals surface area contributed by atoms with E-state index in [2.05, 4.69) is 24.3 Å². The first-order chi connectivity index (χ1) is 8.75. The number of hydrogen-bond acceptors (Lipinski definition) is 0. The Labute approximate surface area is 106 Å². The third-order valence-electron chi connectivity index (χ3n) is 4.24. The zero-order valence-electron chi connectivity index (χ0n) is 10.2. The van der Waals surface area contributed by atoms with Crippen LogP contribution in [0.15, 0.2) is 42.5 Å². The van der Waals surface area contributed by atoms with E-state index in [0.29, 0.717) is 24.2 Å². The molecule has 2 aliphatic rings. The molecule has 0 bridgehead atoms. The van der Waals surface area contributed by atoms with E-state index in [0.717, 1.165) is 12.8 Å². The van der Waals surface area contributed by atoms with E-state index in [1.54, 1.807) is 0 Å². The van der Waals surface area contributed by atoms with Gasteiger partial charge in [0.1, 0.15) is 11.6 Å². The lowest BCUT2D eigenvalue weighted by Gasteiger charge is -2.22. The van der Waals surface area contributed by atoms with E-state index in [9.17, 15) is 8.78 Å². The fourth-order valence-corrected chi connectivity index (χ4v) is 3.29. The molecule has 94 valence electrons. The number of fused-ring (bicyclic) bond motifs is 1. The Morgan fingerprint density at radius 3 is 2.50 bits per heavy atom. The van der Waals surface area contributed by atoms with Crippen molar-refractivity contribution in [3.8, 4) is 0 Å². The van der Waals surface area contributed by atoms with Crippen molar-refractivity contribution in [3.63, 3.8) is 0 Å². The molecular formula is C16H16F2. The molecule has 0 nitrogen and oxygen atoms in total. The first-order valence-electron chi connectivity index (χ1n) is 6.53. The van der Waals surface area contributed by atoms with Crippen LogP contribution < -0.4 is 0 Å². The first kappa shape index (κ1) is 11.6. The second-order valence-electron chi connectivity index (χ2n) is 5.25. The van der Waals surface area contributed by atoms with Crippen molar-refractivity contribution in [2.75, 3.05) is 0 Å². The quantitative estimate of drug-likeness (QED) is 0.730. The van der Waals surface area contributed by atoms with Crippen LogP contribution in [-0.2, 0) is 6.42 Å². The molecule has 1 aromatic rings. The minimum atomic E-state index is -0.409. The van der Waals surface area contributed by atoms with E-state index in [4.69, 9.17) is 0 Å². The van der Waals surface area contributed by atoms with Crippen LogP contribution in [0.1, 0.15) is 18.4 Å². The monoisotopic (exact) mass is 246 g/mol. The molecular weight excluding hydrogens is 230 g/mol. The number of hydrogen-bond donors (Lipinski definition) is 0. The van der Waals surface area contributed by atoms with Gasteiger partial charge >= 0.3 is 0 Å². The Bertz CT molecular complexity index is 482. The van der Waals surface area contributed by atoms with Crippen LogP contribution >= 0.6 is 0 Å². The van der Waals surface area contributed by atoms with Crippen molar-refractivity contribution >= 4 is 0 Å². The Balaban J connectivity index is 1.81. The molecule has 0 spiro atoms. The molecule has 1 unspecified atom stereocenters. The van der Waals surface area contributed by atoms with Crippen molar-refractivity contribution in [3.05, 3.63) is 59.7 Å². The number of rotatable bonds is 2. The summed E-state index contributed by atoms with van der Waals surface area (Å²) in [7, 11) is 0. The molecule has 0 aliphatic heterocycles. The normalized spacial score (nSPS) is 29.6. The highest BCUT2D eigenvalue weighted by atomic mass is 19.1. The van der Waals surface area contributed by atoms with Crippen molar-refractivity contribution < 1.29 is 8.78 Å². The molecule has 0 amide bonds. The van der Waals surface area contributed by atoms with Crippen molar-refractivity contribution in [2.45, 2.75) is 19.3 Å².